The number of nitrogens with one attached hydrogen (secondary N) is 6. The summed E-state index contributed by atoms with van der Waals surface area (Å²) in [6.07, 6.45) is 46.4. The molecule has 22 heteroatoms. The normalized spacial score (nSPS) is 12.7. The van der Waals surface area contributed by atoms with Crippen molar-refractivity contribution < 1.29 is 28.8 Å². The lowest BCUT2D eigenvalue weighted by Gasteiger charge is -2.21. The van der Waals surface area contributed by atoms with Gasteiger partial charge in [-0.05, 0) is 128 Å². The van der Waals surface area contributed by atoms with Gasteiger partial charge in [0, 0.05) is 63.6 Å². The highest BCUT2D eigenvalue weighted by Crippen LogP contribution is 2.20. The van der Waals surface area contributed by atoms with E-state index in [1.807, 2.05) is 0 Å². The number of carbonyl (C=O) groups excluding carboxylic acids is 6. The molecule has 4 unspecified atom stereocenters. The first kappa shape index (κ1) is 81.5. The number of hydrogen-bond donors (Lipinski definition) is 12. The van der Waals surface area contributed by atoms with Crippen molar-refractivity contribution in [2.75, 3.05) is 50.8 Å². The highest BCUT2D eigenvalue weighted by atomic mass is 33.1. The molecule has 0 rings (SSSR count). The number of unbranched alkanes of at least 4 members (excludes halogenated alkanes) is 24. The molecule has 18 N–H and O–H groups in total. The summed E-state index contributed by atoms with van der Waals surface area (Å²) in [6, 6.07) is -3.11. The Kier molecular flexibility index (Phi) is 57.5. The van der Waals surface area contributed by atoms with Crippen LogP contribution in [0.2, 0.25) is 0 Å². The first-order valence-electron chi connectivity index (χ1n) is 33.6. The van der Waals surface area contributed by atoms with E-state index in [1.165, 1.54) is 103 Å². The Morgan fingerprint density at radius 1 is 0.372 bits per heavy atom. The molecular formula is C64H124N14O6S2. The van der Waals surface area contributed by atoms with Gasteiger partial charge in [0.1, 0.15) is 12.1 Å². The number of hydrogen-bond acceptors (Lipinski definition) is 12. The Bertz CT molecular complexity index is 1840. The van der Waals surface area contributed by atoms with E-state index in [-0.39, 0.29) is 41.5 Å². The number of amides is 6. The van der Waals surface area contributed by atoms with Crippen LogP contribution in [0.1, 0.15) is 258 Å². The molecule has 498 valence electrons. The predicted octanol–water partition coefficient (Wildman–Crippen LogP) is 8.98. The van der Waals surface area contributed by atoms with Crippen LogP contribution in [0.3, 0.4) is 0 Å². The number of aliphatic imine (C=N–C) groups is 2. The Balaban J connectivity index is 5.04. The summed E-state index contributed by atoms with van der Waals surface area (Å²) in [6.45, 7) is 6.80. The Hall–Kier alpha value is -4.54. The van der Waals surface area contributed by atoms with Crippen LogP contribution in [0, 0.1) is 0 Å². The van der Waals surface area contributed by atoms with Crippen LogP contribution in [-0.4, -0.2) is 122 Å². The van der Waals surface area contributed by atoms with Gasteiger partial charge in [0.15, 0.2) is 11.9 Å². The fourth-order valence-electron chi connectivity index (χ4n) is 9.50. The summed E-state index contributed by atoms with van der Waals surface area (Å²) < 4.78 is 0. The lowest BCUT2D eigenvalue weighted by atomic mass is 10.1. The predicted molar refractivity (Wildman–Crippen MR) is 363 cm³/mol. The maximum Gasteiger partial charge on any atom is 0.242 e. The molecule has 0 heterocycles. The standard InChI is InChI=1S/C64H124N14O6S2/c1-3-5-7-9-11-13-15-17-19-21-23-25-27-29-31-43-57(79)71-45-35-33-41-55(77-58(80)44-32-30-28-26-24-22-20-18-16-14-12-10-8-6-4-2)61(83)73-49-51-85-86-52-50-74-62(84)56(78-60(82)54(66)40-38-48-76-64(69)70)42-34-36-46-72-59(81)53(65)39-37-47-75-63(67)68/h17-20,53-56H,3-16,21-52,65-66H2,1-2H3,(H,71,79)(H,72,81)(H,73,83)(H,74,84)(H,77,80)(H,78,82)(H4,67,68,75)(H4,69,70,76)/b19-17-,20-18-. The van der Waals surface area contributed by atoms with Crippen LogP contribution in [-0.2, 0) is 28.8 Å². The molecule has 0 aliphatic rings. The third-order valence-corrected chi connectivity index (χ3v) is 17.1. The molecule has 0 spiro atoms. The van der Waals surface area contributed by atoms with Crippen molar-refractivity contribution in [2.45, 2.75) is 282 Å². The van der Waals surface area contributed by atoms with E-state index in [4.69, 9.17) is 34.4 Å². The number of carbonyl (C=O) groups is 6. The van der Waals surface area contributed by atoms with Crippen LogP contribution in [0.15, 0.2) is 34.3 Å². The topological polar surface area (TPSA) is 355 Å². The zero-order valence-corrected chi connectivity index (χ0v) is 55.4. The van der Waals surface area contributed by atoms with Crippen LogP contribution < -0.4 is 66.3 Å². The summed E-state index contributed by atoms with van der Waals surface area (Å²) in [5, 5.41) is 17.6. The second-order valence-corrected chi connectivity index (χ2v) is 25.5. The highest BCUT2D eigenvalue weighted by Gasteiger charge is 2.24. The van der Waals surface area contributed by atoms with E-state index in [0.717, 1.165) is 64.2 Å². The van der Waals surface area contributed by atoms with Crippen molar-refractivity contribution in [3.63, 3.8) is 0 Å². The van der Waals surface area contributed by atoms with Crippen molar-refractivity contribution in [1.29, 1.82) is 0 Å². The van der Waals surface area contributed by atoms with E-state index in [2.05, 4.69) is 80.0 Å². The third kappa shape index (κ3) is 54.8. The van der Waals surface area contributed by atoms with Crippen molar-refractivity contribution >= 4 is 68.9 Å². The van der Waals surface area contributed by atoms with Crippen LogP contribution in [0.4, 0.5) is 0 Å². The molecule has 0 fully saturated rings. The molecule has 0 aromatic carbocycles. The maximum atomic E-state index is 13.5. The van der Waals surface area contributed by atoms with Crippen molar-refractivity contribution in [3.8, 4) is 0 Å². The lowest BCUT2D eigenvalue weighted by Crippen LogP contribution is -2.52. The van der Waals surface area contributed by atoms with Gasteiger partial charge in [0.05, 0.1) is 12.1 Å². The summed E-state index contributed by atoms with van der Waals surface area (Å²) in [5.41, 5.74) is 33.7. The zero-order chi connectivity index (χ0) is 63.4. The molecule has 0 aliphatic heterocycles. The van der Waals surface area contributed by atoms with E-state index in [0.29, 0.717) is 128 Å². The monoisotopic (exact) mass is 1250 g/mol. The van der Waals surface area contributed by atoms with E-state index >= 15 is 0 Å². The molecule has 0 bridgehead atoms. The smallest absolute Gasteiger partial charge is 0.242 e. The SMILES string of the molecule is CCCCCCCC/C=C\CCCCCCCC(=O)NCCCCC(NC(=O)CCCCCCC/C=C\CCCCCCCC)C(=O)NCCSSCCNC(=O)C(CCCCNC(=O)C(N)CCCN=C(N)N)NC(=O)C(N)CCCN=C(N)N. The van der Waals surface area contributed by atoms with Gasteiger partial charge < -0.3 is 66.3 Å². The molecule has 0 radical (unpaired) electrons. The van der Waals surface area contributed by atoms with Gasteiger partial charge in [0.25, 0.3) is 0 Å². The van der Waals surface area contributed by atoms with E-state index in [9.17, 15) is 28.8 Å². The minimum Gasteiger partial charge on any atom is -0.370 e. The molecule has 86 heavy (non-hydrogen) atoms. The van der Waals surface area contributed by atoms with Crippen molar-refractivity contribution in [3.05, 3.63) is 24.3 Å². The Labute approximate surface area is 528 Å². The van der Waals surface area contributed by atoms with Gasteiger partial charge in [-0.3, -0.25) is 38.8 Å². The largest absolute Gasteiger partial charge is 0.370 e. The molecule has 0 aromatic heterocycles. The van der Waals surface area contributed by atoms with Crippen LogP contribution >= 0.6 is 21.6 Å². The molecular weight excluding hydrogens is 1120 g/mol. The number of rotatable bonds is 61. The minimum absolute atomic E-state index is 0.0161. The fourth-order valence-corrected chi connectivity index (χ4v) is 11.3. The van der Waals surface area contributed by atoms with Gasteiger partial charge in [-0.15, -0.1) is 0 Å². The first-order chi connectivity index (χ1) is 41.7. The fraction of sp³-hybridized carbons (Fsp3) is 0.812. The van der Waals surface area contributed by atoms with Gasteiger partial charge >= 0.3 is 0 Å². The lowest BCUT2D eigenvalue weighted by molar-refractivity contribution is -0.129. The quantitative estimate of drug-likeness (QED) is 0.00889. The number of nitrogens with two attached hydrogens (primary N) is 6. The Morgan fingerprint density at radius 2 is 0.733 bits per heavy atom. The minimum atomic E-state index is -0.871. The van der Waals surface area contributed by atoms with E-state index < -0.39 is 30.1 Å². The van der Waals surface area contributed by atoms with Crippen molar-refractivity contribution in [1.82, 2.24) is 31.9 Å². The second-order valence-electron chi connectivity index (χ2n) is 22.8. The summed E-state index contributed by atoms with van der Waals surface area (Å²) in [4.78, 5) is 86.2. The molecule has 0 aromatic rings. The van der Waals surface area contributed by atoms with Gasteiger partial charge in [-0.1, -0.05) is 162 Å². The van der Waals surface area contributed by atoms with Gasteiger partial charge in [-0.2, -0.15) is 0 Å². The van der Waals surface area contributed by atoms with Gasteiger partial charge in [0.2, 0.25) is 35.4 Å². The average Bonchev–Trinajstić information content (AvgIpc) is 3.70. The Morgan fingerprint density at radius 3 is 1.16 bits per heavy atom. The molecule has 6 amide bonds. The molecule has 0 saturated carbocycles. The summed E-state index contributed by atoms with van der Waals surface area (Å²) in [7, 11) is 3.10. The number of nitrogens with zero attached hydrogens (tertiary/aromatic N) is 2. The van der Waals surface area contributed by atoms with Gasteiger partial charge in [-0.25, -0.2) is 0 Å². The first-order valence-corrected chi connectivity index (χ1v) is 36.1. The summed E-state index contributed by atoms with van der Waals surface area (Å²) >= 11 is 0. The average molecular weight is 1250 g/mol. The third-order valence-electron chi connectivity index (χ3n) is 14.7. The molecule has 20 nitrogen and oxygen atoms in total. The molecule has 0 saturated heterocycles. The summed E-state index contributed by atoms with van der Waals surface area (Å²) in [5.74, 6) is -0.290. The second kappa shape index (κ2) is 60.7. The van der Waals surface area contributed by atoms with Crippen LogP contribution in [0.25, 0.3) is 0 Å². The number of guanidine groups is 2. The molecule has 4 atom stereocenters. The maximum absolute atomic E-state index is 13.5. The van der Waals surface area contributed by atoms with Crippen molar-refractivity contribution in [2.24, 2.45) is 44.4 Å². The zero-order valence-electron chi connectivity index (χ0n) is 53.8. The highest BCUT2D eigenvalue weighted by molar-refractivity contribution is 8.76. The van der Waals surface area contributed by atoms with E-state index in [1.54, 1.807) is 21.6 Å². The van der Waals surface area contributed by atoms with Crippen LogP contribution in [0.5, 0.6) is 0 Å². The number of allylic oxidation sites excluding steroid dienone is 4. The molecule has 0 aliphatic carbocycles.